The SMILES string of the molecule is CCN(CCNC(=O)N[C@@H](C)CO)c1ccccc1C. The van der Waals surface area contributed by atoms with Crippen molar-refractivity contribution in [3.05, 3.63) is 29.8 Å². The lowest BCUT2D eigenvalue weighted by Crippen LogP contribution is -2.44. The number of carbonyl (C=O) groups excluding carboxylic acids is 1. The third-order valence-electron chi connectivity index (χ3n) is 3.16. The number of hydrogen-bond acceptors (Lipinski definition) is 3. The molecule has 112 valence electrons. The summed E-state index contributed by atoms with van der Waals surface area (Å²) in [7, 11) is 0. The molecular weight excluding hydrogens is 254 g/mol. The van der Waals surface area contributed by atoms with Crippen molar-refractivity contribution in [1.29, 1.82) is 0 Å². The predicted octanol–water partition coefficient (Wildman–Crippen LogP) is 1.50. The number of para-hydroxylation sites is 1. The predicted molar refractivity (Wildman–Crippen MR) is 82.1 cm³/mol. The van der Waals surface area contributed by atoms with Crippen molar-refractivity contribution in [2.24, 2.45) is 0 Å². The first-order valence-corrected chi connectivity index (χ1v) is 7.04. The third-order valence-corrected chi connectivity index (χ3v) is 3.16. The second-order valence-corrected chi connectivity index (χ2v) is 4.85. The van der Waals surface area contributed by atoms with Gasteiger partial charge in [0, 0.05) is 25.3 Å². The maximum absolute atomic E-state index is 11.5. The molecule has 1 aromatic rings. The molecule has 3 N–H and O–H groups in total. The molecule has 0 saturated carbocycles. The van der Waals surface area contributed by atoms with Crippen LogP contribution in [0.2, 0.25) is 0 Å². The molecule has 2 amide bonds. The van der Waals surface area contributed by atoms with Crippen molar-refractivity contribution in [2.45, 2.75) is 26.8 Å². The Morgan fingerprint density at radius 3 is 2.70 bits per heavy atom. The number of hydrogen-bond donors (Lipinski definition) is 3. The minimum absolute atomic E-state index is 0.0578. The zero-order valence-corrected chi connectivity index (χ0v) is 12.5. The van der Waals surface area contributed by atoms with Crippen LogP contribution < -0.4 is 15.5 Å². The molecule has 0 aliphatic rings. The fraction of sp³-hybridized carbons (Fsp3) is 0.533. The summed E-state index contributed by atoms with van der Waals surface area (Å²) < 4.78 is 0. The van der Waals surface area contributed by atoms with Gasteiger partial charge in [-0.2, -0.15) is 0 Å². The Balaban J connectivity index is 2.43. The summed E-state index contributed by atoms with van der Waals surface area (Å²) in [6.07, 6.45) is 0. The van der Waals surface area contributed by atoms with E-state index >= 15 is 0 Å². The summed E-state index contributed by atoms with van der Waals surface area (Å²) in [5.74, 6) is 0. The Bertz CT molecular complexity index is 423. The average Bonchev–Trinajstić information content (AvgIpc) is 2.44. The molecular formula is C15H25N3O2. The molecule has 0 bridgehead atoms. The number of aryl methyl sites for hydroxylation is 1. The van der Waals surface area contributed by atoms with E-state index in [0.29, 0.717) is 6.54 Å². The largest absolute Gasteiger partial charge is 0.394 e. The van der Waals surface area contributed by atoms with E-state index in [9.17, 15) is 4.79 Å². The van der Waals surface area contributed by atoms with Gasteiger partial charge in [-0.15, -0.1) is 0 Å². The number of aliphatic hydroxyl groups excluding tert-OH is 1. The lowest BCUT2D eigenvalue weighted by molar-refractivity contribution is 0.221. The lowest BCUT2D eigenvalue weighted by atomic mass is 10.2. The van der Waals surface area contributed by atoms with Crippen molar-refractivity contribution in [3.8, 4) is 0 Å². The van der Waals surface area contributed by atoms with Crippen LogP contribution >= 0.6 is 0 Å². The lowest BCUT2D eigenvalue weighted by Gasteiger charge is -2.25. The standard InChI is InChI=1S/C15H25N3O2/c1-4-18(14-8-6-5-7-12(14)2)10-9-16-15(20)17-13(3)11-19/h5-8,13,19H,4,9-11H2,1-3H3,(H2,16,17,20)/t13-/m0/s1. The first-order chi connectivity index (χ1) is 9.58. The fourth-order valence-electron chi connectivity index (χ4n) is 1.99. The monoisotopic (exact) mass is 279 g/mol. The Hall–Kier alpha value is -1.75. The second kappa shape index (κ2) is 8.43. The maximum Gasteiger partial charge on any atom is 0.315 e. The smallest absolute Gasteiger partial charge is 0.315 e. The highest BCUT2D eigenvalue weighted by atomic mass is 16.3. The molecule has 0 aromatic heterocycles. The summed E-state index contributed by atoms with van der Waals surface area (Å²) in [4.78, 5) is 13.8. The van der Waals surface area contributed by atoms with Gasteiger partial charge in [0.15, 0.2) is 0 Å². The Labute approximate surface area is 121 Å². The van der Waals surface area contributed by atoms with Gasteiger partial charge in [0.25, 0.3) is 0 Å². The van der Waals surface area contributed by atoms with Gasteiger partial charge < -0.3 is 20.6 Å². The van der Waals surface area contributed by atoms with Crippen LogP contribution in [0.25, 0.3) is 0 Å². The topological polar surface area (TPSA) is 64.6 Å². The highest BCUT2D eigenvalue weighted by molar-refractivity contribution is 5.74. The van der Waals surface area contributed by atoms with Gasteiger partial charge in [-0.1, -0.05) is 18.2 Å². The first kappa shape index (κ1) is 16.3. The number of amides is 2. The van der Waals surface area contributed by atoms with Crippen molar-refractivity contribution in [1.82, 2.24) is 10.6 Å². The summed E-state index contributed by atoms with van der Waals surface area (Å²) in [5, 5.41) is 14.3. The van der Waals surface area contributed by atoms with Crippen LogP contribution in [0.1, 0.15) is 19.4 Å². The average molecular weight is 279 g/mol. The molecule has 0 aliphatic heterocycles. The van der Waals surface area contributed by atoms with Crippen LogP contribution in [0.15, 0.2) is 24.3 Å². The number of rotatable bonds is 7. The van der Waals surface area contributed by atoms with E-state index in [4.69, 9.17) is 5.11 Å². The normalized spacial score (nSPS) is 11.8. The van der Waals surface area contributed by atoms with Gasteiger partial charge in [0.1, 0.15) is 0 Å². The van der Waals surface area contributed by atoms with Crippen LogP contribution in [0.4, 0.5) is 10.5 Å². The summed E-state index contributed by atoms with van der Waals surface area (Å²) in [6, 6.07) is 7.75. The number of carbonyl (C=O) groups is 1. The Kier molecular flexibility index (Phi) is 6.87. The molecule has 0 radical (unpaired) electrons. The summed E-state index contributed by atoms with van der Waals surface area (Å²) in [6.45, 7) is 8.08. The molecule has 0 spiro atoms. The maximum atomic E-state index is 11.5. The highest BCUT2D eigenvalue weighted by Crippen LogP contribution is 2.18. The van der Waals surface area contributed by atoms with E-state index < -0.39 is 0 Å². The number of urea groups is 1. The van der Waals surface area contributed by atoms with Crippen molar-refractivity contribution in [3.63, 3.8) is 0 Å². The molecule has 0 saturated heterocycles. The molecule has 1 atom stereocenters. The minimum Gasteiger partial charge on any atom is -0.394 e. The molecule has 5 heteroatoms. The van der Waals surface area contributed by atoms with Crippen LogP contribution in [-0.2, 0) is 0 Å². The van der Waals surface area contributed by atoms with E-state index in [2.05, 4.69) is 41.5 Å². The highest BCUT2D eigenvalue weighted by Gasteiger charge is 2.08. The zero-order valence-electron chi connectivity index (χ0n) is 12.5. The van der Waals surface area contributed by atoms with Crippen LogP contribution in [-0.4, -0.2) is 43.4 Å². The molecule has 0 aliphatic carbocycles. The quantitative estimate of drug-likeness (QED) is 0.709. The Morgan fingerprint density at radius 1 is 1.40 bits per heavy atom. The van der Waals surface area contributed by atoms with Crippen molar-refractivity contribution in [2.75, 3.05) is 31.1 Å². The number of benzene rings is 1. The van der Waals surface area contributed by atoms with Gasteiger partial charge >= 0.3 is 6.03 Å². The van der Waals surface area contributed by atoms with E-state index in [0.717, 1.165) is 13.1 Å². The van der Waals surface area contributed by atoms with Crippen LogP contribution in [0.5, 0.6) is 0 Å². The van der Waals surface area contributed by atoms with Gasteiger partial charge in [0.2, 0.25) is 0 Å². The van der Waals surface area contributed by atoms with Gasteiger partial charge in [-0.05, 0) is 32.4 Å². The van der Waals surface area contributed by atoms with Crippen molar-refractivity contribution < 1.29 is 9.90 Å². The molecule has 0 heterocycles. The van der Waals surface area contributed by atoms with Crippen LogP contribution in [0.3, 0.4) is 0 Å². The van der Waals surface area contributed by atoms with Gasteiger partial charge in [0.05, 0.1) is 12.6 Å². The van der Waals surface area contributed by atoms with Crippen molar-refractivity contribution >= 4 is 11.7 Å². The molecule has 0 fully saturated rings. The first-order valence-electron chi connectivity index (χ1n) is 7.04. The van der Waals surface area contributed by atoms with E-state index in [-0.39, 0.29) is 18.7 Å². The fourth-order valence-corrected chi connectivity index (χ4v) is 1.99. The van der Waals surface area contributed by atoms with Gasteiger partial charge in [-0.25, -0.2) is 4.79 Å². The molecule has 5 nitrogen and oxygen atoms in total. The van der Waals surface area contributed by atoms with Gasteiger partial charge in [-0.3, -0.25) is 0 Å². The van der Waals surface area contributed by atoms with E-state index in [1.807, 2.05) is 12.1 Å². The molecule has 20 heavy (non-hydrogen) atoms. The summed E-state index contributed by atoms with van der Waals surface area (Å²) >= 11 is 0. The Morgan fingerprint density at radius 2 is 2.10 bits per heavy atom. The molecule has 1 rings (SSSR count). The molecule has 0 unspecified atom stereocenters. The number of aliphatic hydroxyl groups is 1. The van der Waals surface area contributed by atoms with E-state index in [1.54, 1.807) is 6.92 Å². The summed E-state index contributed by atoms with van der Waals surface area (Å²) in [5.41, 5.74) is 2.42. The number of likely N-dealkylation sites (N-methyl/N-ethyl adjacent to an activating group) is 1. The third kappa shape index (κ3) is 5.09. The molecule has 1 aromatic carbocycles. The van der Waals surface area contributed by atoms with Crippen LogP contribution in [0, 0.1) is 6.92 Å². The minimum atomic E-state index is -0.243. The number of anilines is 1. The second-order valence-electron chi connectivity index (χ2n) is 4.85. The van der Waals surface area contributed by atoms with E-state index in [1.165, 1.54) is 11.3 Å². The number of nitrogens with zero attached hydrogens (tertiary/aromatic N) is 1. The number of nitrogens with one attached hydrogen (secondary N) is 2. The zero-order chi connectivity index (χ0) is 15.0.